The lowest BCUT2D eigenvalue weighted by molar-refractivity contribution is -0.142. The van der Waals surface area contributed by atoms with Crippen LogP contribution >= 0.6 is 34.8 Å². The lowest BCUT2D eigenvalue weighted by Crippen LogP contribution is -2.51. The minimum Gasteiger partial charge on any atom is -0.482 e. The number of hydrogen-bond acceptors (Lipinski definition) is 3. The molecule has 3 aromatic carbocycles. The van der Waals surface area contributed by atoms with Crippen molar-refractivity contribution >= 4 is 46.6 Å². The molecule has 3 rings (SSSR count). The minimum absolute atomic E-state index is 0.209. The Balaban J connectivity index is 1.88. The zero-order valence-corrected chi connectivity index (χ0v) is 22.3. The SMILES string of the molecule is CCCCNC(=O)[C@H](Cc1ccccc1)N(Cc1ccc(Cl)cc1)C(=O)COc1ccc(Cl)cc1Cl. The number of amides is 2. The van der Waals surface area contributed by atoms with Gasteiger partial charge < -0.3 is 15.0 Å². The van der Waals surface area contributed by atoms with Crippen LogP contribution in [0.4, 0.5) is 0 Å². The van der Waals surface area contributed by atoms with E-state index in [-0.39, 0.29) is 25.0 Å². The maximum atomic E-state index is 13.6. The van der Waals surface area contributed by atoms with Crippen LogP contribution < -0.4 is 10.1 Å². The second-order valence-corrected chi connectivity index (χ2v) is 9.64. The molecular formula is C28H29Cl3N2O3. The van der Waals surface area contributed by atoms with Gasteiger partial charge in [-0.05, 0) is 47.9 Å². The van der Waals surface area contributed by atoms with Crippen molar-refractivity contribution in [3.05, 3.63) is 99.0 Å². The number of carbonyl (C=O) groups excluding carboxylic acids is 2. The van der Waals surface area contributed by atoms with Crippen LogP contribution in [0.5, 0.6) is 5.75 Å². The molecule has 0 aliphatic rings. The predicted molar refractivity (Wildman–Crippen MR) is 146 cm³/mol. The molecular weight excluding hydrogens is 519 g/mol. The first-order valence-corrected chi connectivity index (χ1v) is 12.9. The maximum Gasteiger partial charge on any atom is 0.261 e. The standard InChI is InChI=1S/C28H29Cl3N2O3/c1-2-3-15-32-28(35)25(16-20-7-5-4-6-8-20)33(18-21-9-11-22(29)12-10-21)27(34)19-36-26-14-13-23(30)17-24(26)31/h4-14,17,25H,2-3,15-16,18-19H2,1H3,(H,32,35)/t25-/m0/s1. The molecule has 3 aromatic rings. The summed E-state index contributed by atoms with van der Waals surface area (Å²) >= 11 is 18.2. The lowest BCUT2D eigenvalue weighted by Gasteiger charge is -2.31. The third kappa shape index (κ3) is 8.44. The average Bonchev–Trinajstić information content (AvgIpc) is 2.87. The molecule has 0 spiro atoms. The zero-order valence-electron chi connectivity index (χ0n) is 20.1. The Bertz CT molecular complexity index is 1140. The topological polar surface area (TPSA) is 58.6 Å². The number of nitrogens with zero attached hydrogens (tertiary/aromatic N) is 1. The molecule has 0 radical (unpaired) electrons. The zero-order chi connectivity index (χ0) is 25.9. The van der Waals surface area contributed by atoms with E-state index < -0.39 is 6.04 Å². The van der Waals surface area contributed by atoms with Crippen molar-refractivity contribution in [3.8, 4) is 5.75 Å². The summed E-state index contributed by atoms with van der Waals surface area (Å²) < 4.78 is 5.74. The average molecular weight is 548 g/mol. The van der Waals surface area contributed by atoms with Crippen LogP contribution in [0.25, 0.3) is 0 Å². The van der Waals surface area contributed by atoms with Crippen molar-refractivity contribution in [2.75, 3.05) is 13.2 Å². The maximum absolute atomic E-state index is 13.6. The highest BCUT2D eigenvalue weighted by Crippen LogP contribution is 2.27. The first kappa shape index (κ1) is 27.9. The van der Waals surface area contributed by atoms with Gasteiger partial charge in [0.1, 0.15) is 11.8 Å². The van der Waals surface area contributed by atoms with Crippen LogP contribution in [0.2, 0.25) is 15.1 Å². The summed E-state index contributed by atoms with van der Waals surface area (Å²) in [5.74, 6) is -0.213. The molecule has 1 atom stereocenters. The molecule has 0 aliphatic carbocycles. The van der Waals surface area contributed by atoms with Gasteiger partial charge in [0.05, 0.1) is 5.02 Å². The van der Waals surface area contributed by atoms with Gasteiger partial charge in [-0.3, -0.25) is 9.59 Å². The Kier molecular flexibility index (Phi) is 10.9. The van der Waals surface area contributed by atoms with Crippen molar-refractivity contribution in [1.29, 1.82) is 0 Å². The van der Waals surface area contributed by atoms with Crippen LogP contribution in [0.15, 0.2) is 72.8 Å². The quantitative estimate of drug-likeness (QED) is 0.261. The number of ether oxygens (including phenoxy) is 1. The van der Waals surface area contributed by atoms with E-state index in [4.69, 9.17) is 39.5 Å². The number of benzene rings is 3. The summed E-state index contributed by atoms with van der Waals surface area (Å²) in [7, 11) is 0. The second kappa shape index (κ2) is 14.1. The summed E-state index contributed by atoms with van der Waals surface area (Å²) in [4.78, 5) is 28.5. The van der Waals surface area contributed by atoms with Gasteiger partial charge in [-0.1, -0.05) is 90.6 Å². The monoisotopic (exact) mass is 546 g/mol. The van der Waals surface area contributed by atoms with Crippen molar-refractivity contribution in [2.24, 2.45) is 0 Å². The molecule has 8 heteroatoms. The molecule has 0 aliphatic heterocycles. The van der Waals surface area contributed by atoms with E-state index >= 15 is 0 Å². The van der Waals surface area contributed by atoms with E-state index in [0.29, 0.717) is 33.8 Å². The lowest BCUT2D eigenvalue weighted by atomic mass is 10.0. The Morgan fingerprint density at radius 2 is 1.61 bits per heavy atom. The second-order valence-electron chi connectivity index (χ2n) is 8.36. The van der Waals surface area contributed by atoms with Gasteiger partial charge in [0, 0.05) is 29.6 Å². The summed E-state index contributed by atoms with van der Waals surface area (Å²) in [6, 6.07) is 20.9. The third-order valence-electron chi connectivity index (χ3n) is 5.61. The molecule has 0 heterocycles. The number of carbonyl (C=O) groups is 2. The molecule has 0 bridgehead atoms. The summed E-state index contributed by atoms with van der Waals surface area (Å²) in [5.41, 5.74) is 1.79. The normalized spacial score (nSPS) is 11.6. The number of unbranched alkanes of at least 4 members (excludes halogenated alkanes) is 1. The largest absolute Gasteiger partial charge is 0.482 e. The van der Waals surface area contributed by atoms with Gasteiger partial charge in [0.2, 0.25) is 5.91 Å². The molecule has 0 fully saturated rings. The first-order valence-electron chi connectivity index (χ1n) is 11.8. The first-order chi connectivity index (χ1) is 17.4. The fourth-order valence-electron chi connectivity index (χ4n) is 3.66. The minimum atomic E-state index is -0.739. The number of halogens is 3. The number of nitrogens with one attached hydrogen (secondary N) is 1. The molecule has 0 saturated carbocycles. The van der Waals surface area contributed by atoms with Crippen molar-refractivity contribution in [2.45, 2.75) is 38.8 Å². The van der Waals surface area contributed by atoms with Gasteiger partial charge in [-0.25, -0.2) is 0 Å². The fraction of sp³-hybridized carbons (Fsp3) is 0.286. The third-order valence-corrected chi connectivity index (χ3v) is 6.39. The Morgan fingerprint density at radius 3 is 2.28 bits per heavy atom. The molecule has 0 unspecified atom stereocenters. The molecule has 0 aromatic heterocycles. The Hall–Kier alpha value is -2.73. The summed E-state index contributed by atoms with van der Waals surface area (Å²) in [5, 5.41) is 4.36. The van der Waals surface area contributed by atoms with Gasteiger partial charge in [-0.15, -0.1) is 0 Å². The highest BCUT2D eigenvalue weighted by molar-refractivity contribution is 6.35. The van der Waals surface area contributed by atoms with Crippen LogP contribution in [0.3, 0.4) is 0 Å². The van der Waals surface area contributed by atoms with Crippen molar-refractivity contribution in [1.82, 2.24) is 10.2 Å². The Labute approximate surface area is 227 Å². The van der Waals surface area contributed by atoms with E-state index in [9.17, 15) is 9.59 Å². The molecule has 5 nitrogen and oxygen atoms in total. The highest BCUT2D eigenvalue weighted by atomic mass is 35.5. The van der Waals surface area contributed by atoms with Crippen LogP contribution in [0, 0.1) is 0 Å². The Morgan fingerprint density at radius 1 is 0.917 bits per heavy atom. The van der Waals surface area contributed by atoms with Gasteiger partial charge in [0.25, 0.3) is 5.91 Å². The molecule has 36 heavy (non-hydrogen) atoms. The van der Waals surface area contributed by atoms with Crippen molar-refractivity contribution in [3.63, 3.8) is 0 Å². The van der Waals surface area contributed by atoms with Crippen LogP contribution in [-0.2, 0) is 22.6 Å². The smallest absolute Gasteiger partial charge is 0.261 e. The highest BCUT2D eigenvalue weighted by Gasteiger charge is 2.30. The molecule has 1 N–H and O–H groups in total. The van der Waals surface area contributed by atoms with Gasteiger partial charge in [-0.2, -0.15) is 0 Å². The number of rotatable bonds is 12. The molecule has 190 valence electrons. The van der Waals surface area contributed by atoms with E-state index in [0.717, 1.165) is 24.0 Å². The number of hydrogen-bond donors (Lipinski definition) is 1. The molecule has 0 saturated heterocycles. The van der Waals surface area contributed by atoms with E-state index in [1.54, 1.807) is 35.2 Å². The fourth-order valence-corrected chi connectivity index (χ4v) is 4.25. The van der Waals surface area contributed by atoms with E-state index in [1.165, 1.54) is 0 Å². The van der Waals surface area contributed by atoms with Crippen molar-refractivity contribution < 1.29 is 14.3 Å². The van der Waals surface area contributed by atoms with Crippen LogP contribution in [-0.4, -0.2) is 35.9 Å². The predicted octanol–water partition coefficient (Wildman–Crippen LogP) is 6.58. The van der Waals surface area contributed by atoms with Crippen LogP contribution in [0.1, 0.15) is 30.9 Å². The summed E-state index contributed by atoms with van der Waals surface area (Å²) in [6.07, 6.45) is 2.17. The molecule has 2 amide bonds. The van der Waals surface area contributed by atoms with Gasteiger partial charge >= 0.3 is 0 Å². The van der Waals surface area contributed by atoms with Gasteiger partial charge in [0.15, 0.2) is 6.61 Å². The van der Waals surface area contributed by atoms with E-state index in [1.807, 2.05) is 42.5 Å². The van der Waals surface area contributed by atoms with E-state index in [2.05, 4.69) is 12.2 Å². The summed E-state index contributed by atoms with van der Waals surface area (Å²) in [6.45, 7) is 2.53.